The van der Waals surface area contributed by atoms with Crippen molar-refractivity contribution in [1.82, 2.24) is 15.0 Å². The van der Waals surface area contributed by atoms with E-state index >= 15 is 0 Å². The topological polar surface area (TPSA) is 93.8 Å². The van der Waals surface area contributed by atoms with Crippen molar-refractivity contribution in [3.8, 4) is 0 Å². The quantitative estimate of drug-likeness (QED) is 0.355. The van der Waals surface area contributed by atoms with Crippen LogP contribution >= 0.6 is 11.8 Å². The van der Waals surface area contributed by atoms with Gasteiger partial charge in [0.05, 0.1) is 42.3 Å². The Labute approximate surface area is 142 Å². The number of rotatable bonds is 5. The van der Waals surface area contributed by atoms with Gasteiger partial charge in [-0.1, -0.05) is 6.07 Å². The third-order valence-corrected chi connectivity index (χ3v) is 4.24. The molecule has 1 aliphatic rings. The van der Waals surface area contributed by atoms with E-state index in [4.69, 9.17) is 4.74 Å². The smallest absolute Gasteiger partial charge is 0.283 e. The van der Waals surface area contributed by atoms with Crippen molar-refractivity contribution in [3.05, 3.63) is 52.3 Å². The molecular weight excluding hydrogens is 330 g/mol. The average Bonchev–Trinajstić information content (AvgIpc) is 2.62. The molecule has 1 aliphatic heterocycles. The summed E-state index contributed by atoms with van der Waals surface area (Å²) in [6.45, 7) is 2.73. The first-order chi connectivity index (χ1) is 11.7. The SMILES string of the molecule is O=[N+]([O-])c1cc(/C=N\N2CCOCC2)ccc1Sc1ncccn1. The standard InChI is InChI=1S/C15H15N5O3S/c21-20(22)13-10-12(11-18-19-6-8-23-9-7-19)2-3-14(13)24-15-16-4-1-5-17-15/h1-5,10-11H,6-9H2/b18-11-. The highest BCUT2D eigenvalue weighted by atomic mass is 32.2. The predicted octanol–water partition coefficient (Wildman–Crippen LogP) is 2.20. The van der Waals surface area contributed by atoms with Crippen LogP contribution in [0.15, 0.2) is 51.8 Å². The number of hydrogen-bond acceptors (Lipinski definition) is 8. The van der Waals surface area contributed by atoms with E-state index in [-0.39, 0.29) is 5.69 Å². The van der Waals surface area contributed by atoms with Gasteiger partial charge in [-0.15, -0.1) is 0 Å². The monoisotopic (exact) mass is 345 g/mol. The summed E-state index contributed by atoms with van der Waals surface area (Å²) in [6, 6.07) is 6.70. The van der Waals surface area contributed by atoms with Crippen LogP contribution in [-0.4, -0.2) is 52.4 Å². The fraction of sp³-hybridized carbons (Fsp3) is 0.267. The van der Waals surface area contributed by atoms with Gasteiger partial charge in [-0.2, -0.15) is 5.10 Å². The molecule has 0 bridgehead atoms. The van der Waals surface area contributed by atoms with Crippen LogP contribution in [0.5, 0.6) is 0 Å². The Balaban J connectivity index is 1.79. The van der Waals surface area contributed by atoms with Crippen LogP contribution in [0.1, 0.15) is 5.56 Å². The Morgan fingerprint density at radius 3 is 2.75 bits per heavy atom. The number of nitrogens with zero attached hydrogens (tertiary/aromatic N) is 5. The number of ether oxygens (including phenoxy) is 1. The molecular formula is C15H15N5O3S. The predicted molar refractivity (Wildman–Crippen MR) is 89.2 cm³/mol. The zero-order chi connectivity index (χ0) is 16.8. The van der Waals surface area contributed by atoms with Crippen molar-refractivity contribution < 1.29 is 9.66 Å². The number of hydrazone groups is 1. The highest BCUT2D eigenvalue weighted by molar-refractivity contribution is 7.99. The van der Waals surface area contributed by atoms with E-state index in [9.17, 15) is 10.1 Å². The molecule has 0 spiro atoms. The minimum atomic E-state index is -0.405. The van der Waals surface area contributed by atoms with Crippen molar-refractivity contribution in [1.29, 1.82) is 0 Å². The van der Waals surface area contributed by atoms with Crippen molar-refractivity contribution in [3.63, 3.8) is 0 Å². The van der Waals surface area contributed by atoms with Gasteiger partial charge in [-0.25, -0.2) is 9.97 Å². The Morgan fingerprint density at radius 1 is 1.29 bits per heavy atom. The average molecular weight is 345 g/mol. The molecule has 0 N–H and O–H groups in total. The number of aromatic nitrogens is 2. The van der Waals surface area contributed by atoms with E-state index in [1.54, 1.807) is 36.8 Å². The van der Waals surface area contributed by atoms with Crippen molar-refractivity contribution in [2.45, 2.75) is 10.1 Å². The fourth-order valence-corrected chi connectivity index (χ4v) is 2.90. The number of nitro groups is 1. The third kappa shape index (κ3) is 4.27. The van der Waals surface area contributed by atoms with Crippen LogP contribution in [0.4, 0.5) is 5.69 Å². The second kappa shape index (κ2) is 7.84. The Hall–Kier alpha value is -2.52. The van der Waals surface area contributed by atoms with E-state index < -0.39 is 4.92 Å². The molecule has 1 fully saturated rings. The highest BCUT2D eigenvalue weighted by Crippen LogP contribution is 2.33. The summed E-state index contributed by atoms with van der Waals surface area (Å²) in [5.74, 6) is 0. The van der Waals surface area contributed by atoms with Gasteiger partial charge >= 0.3 is 0 Å². The second-order valence-corrected chi connectivity index (χ2v) is 5.94. The van der Waals surface area contributed by atoms with Crippen LogP contribution < -0.4 is 0 Å². The lowest BCUT2D eigenvalue weighted by molar-refractivity contribution is -0.387. The minimum absolute atomic E-state index is 0.0124. The lowest BCUT2D eigenvalue weighted by Crippen LogP contribution is -2.32. The summed E-state index contributed by atoms with van der Waals surface area (Å²) >= 11 is 1.16. The Kier molecular flexibility index (Phi) is 5.34. The summed E-state index contributed by atoms with van der Waals surface area (Å²) < 4.78 is 5.26. The maximum absolute atomic E-state index is 11.4. The molecule has 1 aromatic carbocycles. The summed E-state index contributed by atoms with van der Waals surface area (Å²) in [7, 11) is 0. The van der Waals surface area contributed by atoms with Gasteiger partial charge in [-0.05, 0) is 23.9 Å². The molecule has 2 heterocycles. The van der Waals surface area contributed by atoms with Crippen LogP contribution in [0.2, 0.25) is 0 Å². The van der Waals surface area contributed by atoms with Gasteiger partial charge < -0.3 is 4.74 Å². The molecule has 0 amide bonds. The van der Waals surface area contributed by atoms with Gasteiger partial charge in [0.25, 0.3) is 5.69 Å². The first-order valence-corrected chi connectivity index (χ1v) is 8.14. The van der Waals surface area contributed by atoms with Crippen LogP contribution in [-0.2, 0) is 4.74 Å². The van der Waals surface area contributed by atoms with Gasteiger partial charge in [0.2, 0.25) is 0 Å². The van der Waals surface area contributed by atoms with Crippen LogP contribution in [0.25, 0.3) is 0 Å². The summed E-state index contributed by atoms with van der Waals surface area (Å²) in [4.78, 5) is 19.6. The van der Waals surface area contributed by atoms with Crippen LogP contribution in [0, 0.1) is 10.1 Å². The molecule has 3 rings (SSSR count). The summed E-state index contributed by atoms with van der Waals surface area (Å²) in [5, 5.41) is 18.0. The molecule has 9 heteroatoms. The Morgan fingerprint density at radius 2 is 2.04 bits per heavy atom. The summed E-state index contributed by atoms with van der Waals surface area (Å²) in [6.07, 6.45) is 4.83. The third-order valence-electron chi connectivity index (χ3n) is 3.28. The molecule has 2 aromatic rings. The van der Waals surface area contributed by atoms with Gasteiger partial charge in [0.15, 0.2) is 5.16 Å². The molecule has 24 heavy (non-hydrogen) atoms. The van der Waals surface area contributed by atoms with E-state index in [1.165, 1.54) is 6.07 Å². The van der Waals surface area contributed by atoms with E-state index in [1.807, 2.05) is 5.01 Å². The largest absolute Gasteiger partial charge is 0.378 e. The van der Waals surface area contributed by atoms with E-state index in [2.05, 4.69) is 15.1 Å². The molecule has 0 atom stereocenters. The minimum Gasteiger partial charge on any atom is -0.378 e. The van der Waals surface area contributed by atoms with Gasteiger partial charge in [-0.3, -0.25) is 15.1 Å². The highest BCUT2D eigenvalue weighted by Gasteiger charge is 2.16. The molecule has 0 saturated carbocycles. The zero-order valence-electron chi connectivity index (χ0n) is 12.7. The first-order valence-electron chi connectivity index (χ1n) is 7.32. The maximum atomic E-state index is 11.4. The number of morpholine rings is 1. The maximum Gasteiger partial charge on any atom is 0.283 e. The first kappa shape index (κ1) is 16.3. The Bertz CT molecular complexity index is 735. The zero-order valence-corrected chi connectivity index (χ0v) is 13.6. The fourth-order valence-electron chi connectivity index (χ4n) is 2.10. The molecule has 0 aliphatic carbocycles. The molecule has 1 saturated heterocycles. The van der Waals surface area contributed by atoms with Crippen molar-refractivity contribution in [2.24, 2.45) is 5.10 Å². The molecule has 124 valence electrons. The van der Waals surface area contributed by atoms with E-state index in [0.29, 0.717) is 28.8 Å². The van der Waals surface area contributed by atoms with Crippen molar-refractivity contribution >= 4 is 23.7 Å². The normalized spacial score (nSPS) is 14.9. The number of nitro benzene ring substituents is 1. The van der Waals surface area contributed by atoms with Crippen LogP contribution in [0.3, 0.4) is 0 Å². The van der Waals surface area contributed by atoms with Crippen molar-refractivity contribution in [2.75, 3.05) is 26.3 Å². The molecule has 0 unspecified atom stereocenters. The molecule has 0 radical (unpaired) electrons. The van der Waals surface area contributed by atoms with E-state index in [0.717, 1.165) is 24.9 Å². The lowest BCUT2D eigenvalue weighted by Gasteiger charge is -2.23. The number of benzene rings is 1. The molecule has 8 nitrogen and oxygen atoms in total. The lowest BCUT2D eigenvalue weighted by atomic mass is 10.2. The second-order valence-electron chi connectivity index (χ2n) is 4.93. The van der Waals surface area contributed by atoms with Gasteiger partial charge in [0, 0.05) is 24.0 Å². The number of hydrogen-bond donors (Lipinski definition) is 0. The molecule has 1 aromatic heterocycles. The summed E-state index contributed by atoms with van der Waals surface area (Å²) in [5.41, 5.74) is 0.685. The van der Waals surface area contributed by atoms with Gasteiger partial charge in [0.1, 0.15) is 0 Å².